The van der Waals surface area contributed by atoms with E-state index >= 15 is 0 Å². The van der Waals surface area contributed by atoms with Crippen LogP contribution in [0.5, 0.6) is 0 Å². The Morgan fingerprint density at radius 2 is 0.867 bits per heavy atom. The lowest BCUT2D eigenvalue weighted by Crippen LogP contribution is -2.38. The van der Waals surface area contributed by atoms with Crippen LogP contribution in [0.4, 0.5) is 0 Å². The monoisotopic (exact) mass is 434 g/mol. The number of rotatable bonds is 22. The third kappa shape index (κ3) is 11.3. The lowest BCUT2D eigenvalue weighted by molar-refractivity contribution is -0.0897. The lowest BCUT2D eigenvalue weighted by Gasteiger charge is -2.32. The molecule has 3 aliphatic heterocycles. The molecule has 0 aromatic carbocycles. The Bertz CT molecular complexity index is 378. The molecule has 3 saturated heterocycles. The van der Waals surface area contributed by atoms with Crippen molar-refractivity contribution in [3.8, 4) is 0 Å². The molecule has 3 aliphatic rings. The van der Waals surface area contributed by atoms with Crippen LogP contribution in [-0.4, -0.2) is 117 Å². The van der Waals surface area contributed by atoms with E-state index in [4.69, 9.17) is 42.6 Å². The highest BCUT2D eigenvalue weighted by Gasteiger charge is 2.30. The first-order chi connectivity index (χ1) is 14.8. The zero-order chi connectivity index (χ0) is 20.9. The molecule has 0 aliphatic carbocycles. The first-order valence-corrected chi connectivity index (χ1v) is 11.1. The Labute approximate surface area is 179 Å². The van der Waals surface area contributed by atoms with Crippen molar-refractivity contribution in [3.05, 3.63) is 0 Å². The van der Waals surface area contributed by atoms with E-state index in [9.17, 15) is 0 Å². The standard InChI is InChI=1S/C21H38O9/c1-2-21(15-25-6-3-22-9-18-12-28-18,16-26-7-4-23-10-19-13-29-19)17-27-8-5-24-11-20-14-30-20/h18-20H,2-17H2,1H3. The molecule has 0 N–H and O–H groups in total. The zero-order valence-electron chi connectivity index (χ0n) is 18.2. The molecular formula is C21H38O9. The van der Waals surface area contributed by atoms with E-state index in [1.807, 2.05) is 0 Å². The highest BCUT2D eigenvalue weighted by Crippen LogP contribution is 2.24. The first-order valence-electron chi connectivity index (χ1n) is 11.1. The van der Waals surface area contributed by atoms with E-state index in [2.05, 4.69) is 6.92 Å². The third-order valence-corrected chi connectivity index (χ3v) is 5.21. The van der Waals surface area contributed by atoms with Crippen molar-refractivity contribution in [2.45, 2.75) is 31.7 Å². The molecule has 0 saturated carbocycles. The predicted octanol–water partition coefficient (Wildman–Crippen LogP) is 0.679. The maximum atomic E-state index is 5.91. The number of hydrogen-bond donors (Lipinski definition) is 0. The topological polar surface area (TPSA) is 93.0 Å². The molecule has 3 unspecified atom stereocenters. The minimum absolute atomic E-state index is 0.210. The summed E-state index contributed by atoms with van der Waals surface area (Å²) < 4.78 is 49.7. The van der Waals surface area contributed by atoms with Gasteiger partial charge in [-0.15, -0.1) is 0 Å². The van der Waals surface area contributed by atoms with E-state index in [-0.39, 0.29) is 23.7 Å². The summed E-state index contributed by atoms with van der Waals surface area (Å²) in [4.78, 5) is 0. The second kappa shape index (κ2) is 13.9. The molecule has 3 heterocycles. The van der Waals surface area contributed by atoms with Crippen molar-refractivity contribution in [1.82, 2.24) is 0 Å². The van der Waals surface area contributed by atoms with Gasteiger partial charge in [0.15, 0.2) is 0 Å². The molecule has 3 atom stereocenters. The van der Waals surface area contributed by atoms with Gasteiger partial charge in [0.05, 0.1) is 99.1 Å². The summed E-state index contributed by atoms with van der Waals surface area (Å²) in [6, 6.07) is 0. The van der Waals surface area contributed by atoms with Crippen LogP contribution in [0.3, 0.4) is 0 Å². The molecule has 0 aromatic rings. The predicted molar refractivity (Wildman–Crippen MR) is 107 cm³/mol. The van der Waals surface area contributed by atoms with E-state index < -0.39 is 0 Å². The molecule has 0 spiro atoms. The highest BCUT2D eigenvalue weighted by atomic mass is 16.6. The van der Waals surface area contributed by atoms with Gasteiger partial charge in [0.2, 0.25) is 0 Å². The van der Waals surface area contributed by atoms with Gasteiger partial charge in [-0.25, -0.2) is 0 Å². The normalized spacial score (nSPS) is 26.5. The molecular weight excluding hydrogens is 396 g/mol. The Morgan fingerprint density at radius 1 is 0.567 bits per heavy atom. The molecule has 0 radical (unpaired) electrons. The summed E-state index contributed by atoms with van der Waals surface area (Å²) >= 11 is 0. The van der Waals surface area contributed by atoms with Gasteiger partial charge in [0.25, 0.3) is 0 Å². The fraction of sp³-hybridized carbons (Fsp3) is 1.00. The average molecular weight is 435 g/mol. The van der Waals surface area contributed by atoms with Gasteiger partial charge in [-0.2, -0.15) is 0 Å². The average Bonchev–Trinajstić information content (AvgIpc) is 3.61. The minimum atomic E-state index is -0.210. The second-order valence-electron chi connectivity index (χ2n) is 8.10. The molecule has 0 amide bonds. The zero-order valence-corrected chi connectivity index (χ0v) is 18.2. The molecule has 3 fully saturated rings. The van der Waals surface area contributed by atoms with Crippen molar-refractivity contribution < 1.29 is 42.6 Å². The maximum Gasteiger partial charge on any atom is 0.104 e. The molecule has 0 bridgehead atoms. The second-order valence-corrected chi connectivity index (χ2v) is 8.10. The van der Waals surface area contributed by atoms with E-state index in [1.165, 1.54) is 0 Å². The molecule has 0 aromatic heterocycles. The highest BCUT2D eigenvalue weighted by molar-refractivity contribution is 4.78. The quantitative estimate of drug-likeness (QED) is 0.180. The van der Waals surface area contributed by atoms with Crippen LogP contribution in [0.15, 0.2) is 0 Å². The number of ether oxygens (including phenoxy) is 9. The van der Waals surface area contributed by atoms with Gasteiger partial charge in [-0.05, 0) is 6.42 Å². The van der Waals surface area contributed by atoms with Crippen LogP contribution in [0.2, 0.25) is 0 Å². The van der Waals surface area contributed by atoms with Crippen LogP contribution >= 0.6 is 0 Å². The van der Waals surface area contributed by atoms with Crippen LogP contribution in [0, 0.1) is 5.41 Å². The van der Waals surface area contributed by atoms with Gasteiger partial charge in [0.1, 0.15) is 18.3 Å². The number of hydrogen-bond acceptors (Lipinski definition) is 9. The largest absolute Gasteiger partial charge is 0.378 e. The Morgan fingerprint density at radius 3 is 1.13 bits per heavy atom. The Kier molecular flexibility index (Phi) is 11.3. The van der Waals surface area contributed by atoms with Crippen molar-refractivity contribution >= 4 is 0 Å². The summed E-state index contributed by atoms with van der Waals surface area (Å²) in [5, 5.41) is 0. The Balaban J connectivity index is 1.28. The third-order valence-electron chi connectivity index (χ3n) is 5.21. The Hall–Kier alpha value is -0.360. The van der Waals surface area contributed by atoms with Crippen molar-refractivity contribution in [1.29, 1.82) is 0 Å². The van der Waals surface area contributed by atoms with Gasteiger partial charge >= 0.3 is 0 Å². The van der Waals surface area contributed by atoms with Crippen molar-refractivity contribution in [2.24, 2.45) is 5.41 Å². The van der Waals surface area contributed by atoms with Gasteiger partial charge < -0.3 is 42.6 Å². The first kappa shape index (κ1) is 24.3. The summed E-state index contributed by atoms with van der Waals surface area (Å²) in [5.41, 5.74) is -0.210. The van der Waals surface area contributed by atoms with Crippen LogP contribution < -0.4 is 0 Å². The van der Waals surface area contributed by atoms with E-state index in [1.54, 1.807) is 0 Å². The fourth-order valence-corrected chi connectivity index (χ4v) is 2.79. The number of epoxide rings is 3. The summed E-state index contributed by atoms with van der Waals surface area (Å²) in [6.07, 6.45) is 1.73. The van der Waals surface area contributed by atoms with E-state index in [0.717, 1.165) is 26.2 Å². The van der Waals surface area contributed by atoms with Gasteiger partial charge in [-0.3, -0.25) is 0 Å². The molecule has 176 valence electrons. The van der Waals surface area contributed by atoms with Crippen molar-refractivity contribution in [2.75, 3.05) is 99.1 Å². The van der Waals surface area contributed by atoms with Crippen LogP contribution in [0.1, 0.15) is 13.3 Å². The molecule has 9 nitrogen and oxygen atoms in total. The SMILES string of the molecule is CCC(COCCOCC1CO1)(COCCOCC1CO1)COCCOCC1CO1. The van der Waals surface area contributed by atoms with Crippen molar-refractivity contribution in [3.63, 3.8) is 0 Å². The van der Waals surface area contributed by atoms with Crippen LogP contribution in [0.25, 0.3) is 0 Å². The lowest BCUT2D eigenvalue weighted by atomic mass is 9.88. The minimum Gasteiger partial charge on any atom is -0.378 e. The smallest absolute Gasteiger partial charge is 0.104 e. The van der Waals surface area contributed by atoms with Crippen LogP contribution in [-0.2, 0) is 42.6 Å². The van der Waals surface area contributed by atoms with E-state index in [0.29, 0.717) is 79.3 Å². The molecule has 30 heavy (non-hydrogen) atoms. The molecule has 9 heteroatoms. The maximum absolute atomic E-state index is 5.91. The van der Waals surface area contributed by atoms with Gasteiger partial charge in [-0.1, -0.05) is 6.92 Å². The molecule has 3 rings (SSSR count). The fourth-order valence-electron chi connectivity index (χ4n) is 2.79. The summed E-state index contributed by atoms with van der Waals surface area (Å²) in [6.45, 7) is 11.5. The summed E-state index contributed by atoms with van der Waals surface area (Å²) in [5.74, 6) is 0. The van der Waals surface area contributed by atoms with Gasteiger partial charge in [0, 0.05) is 5.41 Å². The summed E-state index contributed by atoms with van der Waals surface area (Å²) in [7, 11) is 0.